The molecule has 1 aromatic carbocycles. The Morgan fingerprint density at radius 2 is 1.91 bits per heavy atom. The molecule has 0 aliphatic heterocycles. The third-order valence-electron chi connectivity index (χ3n) is 2.83. The second kappa shape index (κ2) is 8.41. The second-order valence-electron chi connectivity index (χ2n) is 6.13. The highest BCUT2D eigenvalue weighted by molar-refractivity contribution is 6.35. The number of benzene rings is 1. The van der Waals surface area contributed by atoms with Crippen molar-refractivity contribution in [3.63, 3.8) is 0 Å². The number of halogens is 2. The van der Waals surface area contributed by atoms with Crippen LogP contribution in [0.5, 0.6) is 0 Å². The lowest BCUT2D eigenvalue weighted by Gasteiger charge is -2.20. The molecule has 1 aromatic rings. The summed E-state index contributed by atoms with van der Waals surface area (Å²) in [5, 5.41) is 6.39. The third-order valence-corrected chi connectivity index (χ3v) is 3.39. The van der Waals surface area contributed by atoms with Gasteiger partial charge in [0.15, 0.2) is 0 Å². The summed E-state index contributed by atoms with van der Waals surface area (Å²) in [6, 6.07) is 4.86. The van der Waals surface area contributed by atoms with Crippen molar-refractivity contribution in [2.75, 3.05) is 6.54 Å². The molecule has 0 fully saturated rings. The molecule has 0 heterocycles. The van der Waals surface area contributed by atoms with Gasteiger partial charge in [-0.25, -0.2) is 4.79 Å². The topological polar surface area (TPSA) is 67.4 Å². The summed E-state index contributed by atoms with van der Waals surface area (Å²) >= 11 is 12.0. The molecule has 1 atom stereocenters. The summed E-state index contributed by atoms with van der Waals surface area (Å²) in [4.78, 5) is 23.4. The first-order valence-corrected chi connectivity index (χ1v) is 8.05. The van der Waals surface area contributed by atoms with Crippen LogP contribution in [0.3, 0.4) is 0 Å². The summed E-state index contributed by atoms with van der Waals surface area (Å²) < 4.78 is 5.09. The summed E-state index contributed by atoms with van der Waals surface area (Å²) in [5.74, 6) is -0.195. The molecule has 0 saturated heterocycles. The first-order chi connectivity index (χ1) is 10.6. The van der Waals surface area contributed by atoms with E-state index in [1.807, 2.05) is 6.92 Å². The van der Waals surface area contributed by atoms with Crippen LogP contribution in [-0.4, -0.2) is 24.1 Å². The molecule has 0 aromatic heterocycles. The Kier molecular flexibility index (Phi) is 7.16. The highest BCUT2D eigenvalue weighted by atomic mass is 35.5. The van der Waals surface area contributed by atoms with Gasteiger partial charge in [-0.3, -0.25) is 4.79 Å². The maximum Gasteiger partial charge on any atom is 0.407 e. The fraction of sp³-hybridized carbons (Fsp3) is 0.500. The van der Waals surface area contributed by atoms with Crippen molar-refractivity contribution in [3.05, 3.63) is 33.8 Å². The fourth-order valence-corrected chi connectivity index (χ4v) is 2.41. The number of rotatable bonds is 5. The van der Waals surface area contributed by atoms with E-state index in [9.17, 15) is 9.59 Å². The van der Waals surface area contributed by atoms with Gasteiger partial charge in [0.2, 0.25) is 5.91 Å². The van der Waals surface area contributed by atoms with Gasteiger partial charge < -0.3 is 15.4 Å². The van der Waals surface area contributed by atoms with E-state index in [4.69, 9.17) is 27.9 Å². The van der Waals surface area contributed by atoms with E-state index in [0.717, 1.165) is 5.56 Å². The van der Waals surface area contributed by atoms with Crippen molar-refractivity contribution in [1.29, 1.82) is 0 Å². The Balaban J connectivity index is 2.40. The van der Waals surface area contributed by atoms with Crippen molar-refractivity contribution in [2.24, 2.45) is 0 Å². The molecule has 2 amide bonds. The number of amides is 2. The minimum atomic E-state index is -0.563. The number of carbonyl (C=O) groups excluding carboxylic acids is 2. The SMILES string of the molecule is C[C@@H](NC(=O)CCNC(=O)OC(C)(C)C)c1ccc(Cl)cc1Cl. The van der Waals surface area contributed by atoms with Gasteiger partial charge in [-0.2, -0.15) is 0 Å². The standard InChI is InChI=1S/C16H22Cl2N2O3/c1-10(12-6-5-11(17)9-13(12)18)20-14(21)7-8-19-15(22)23-16(2,3)4/h5-6,9-10H,7-8H2,1-4H3,(H,19,22)(H,20,21)/t10-/m1/s1. The lowest BCUT2D eigenvalue weighted by molar-refractivity contribution is -0.121. The van der Waals surface area contributed by atoms with Crippen LogP contribution in [-0.2, 0) is 9.53 Å². The highest BCUT2D eigenvalue weighted by Gasteiger charge is 2.16. The molecule has 128 valence electrons. The largest absolute Gasteiger partial charge is 0.444 e. The number of carbonyl (C=O) groups is 2. The molecule has 0 bridgehead atoms. The second-order valence-corrected chi connectivity index (χ2v) is 6.98. The number of hydrogen-bond donors (Lipinski definition) is 2. The Morgan fingerprint density at radius 1 is 1.26 bits per heavy atom. The van der Waals surface area contributed by atoms with Gasteiger partial charge >= 0.3 is 6.09 Å². The van der Waals surface area contributed by atoms with E-state index < -0.39 is 11.7 Å². The molecule has 0 spiro atoms. The molecule has 5 nitrogen and oxygen atoms in total. The van der Waals surface area contributed by atoms with E-state index in [-0.39, 0.29) is 24.9 Å². The number of hydrogen-bond acceptors (Lipinski definition) is 3. The highest BCUT2D eigenvalue weighted by Crippen LogP contribution is 2.26. The van der Waals surface area contributed by atoms with Gasteiger partial charge in [0, 0.05) is 23.0 Å². The summed E-state index contributed by atoms with van der Waals surface area (Å²) in [6.45, 7) is 7.35. The predicted octanol–water partition coefficient (Wildman–Crippen LogP) is 4.09. The molecular weight excluding hydrogens is 339 g/mol. The van der Waals surface area contributed by atoms with Crippen LogP contribution < -0.4 is 10.6 Å². The summed E-state index contributed by atoms with van der Waals surface area (Å²) in [6.07, 6.45) is -0.395. The van der Waals surface area contributed by atoms with Crippen LogP contribution in [0.1, 0.15) is 45.7 Å². The number of nitrogens with one attached hydrogen (secondary N) is 2. The number of ether oxygens (including phenoxy) is 1. The molecule has 0 aliphatic carbocycles. The van der Waals surface area contributed by atoms with Crippen LogP contribution in [0.4, 0.5) is 4.79 Å². The zero-order valence-corrected chi connectivity index (χ0v) is 15.2. The van der Waals surface area contributed by atoms with E-state index in [1.165, 1.54) is 0 Å². The Bertz CT molecular complexity index is 571. The molecule has 7 heteroatoms. The molecule has 23 heavy (non-hydrogen) atoms. The molecule has 2 N–H and O–H groups in total. The first kappa shape index (κ1) is 19.6. The normalized spacial score (nSPS) is 12.4. The molecular formula is C16H22Cl2N2O3. The van der Waals surface area contributed by atoms with Crippen molar-refractivity contribution in [1.82, 2.24) is 10.6 Å². The lowest BCUT2D eigenvalue weighted by Crippen LogP contribution is -2.35. The zero-order valence-electron chi connectivity index (χ0n) is 13.7. The molecule has 1 rings (SSSR count). The van der Waals surface area contributed by atoms with E-state index >= 15 is 0 Å². The van der Waals surface area contributed by atoms with Crippen LogP contribution in [0.15, 0.2) is 18.2 Å². The van der Waals surface area contributed by atoms with Crippen molar-refractivity contribution >= 4 is 35.2 Å². The van der Waals surface area contributed by atoms with Gasteiger partial charge in [0.25, 0.3) is 0 Å². The van der Waals surface area contributed by atoms with Crippen LogP contribution in [0, 0.1) is 0 Å². The van der Waals surface area contributed by atoms with Gasteiger partial charge in [-0.15, -0.1) is 0 Å². The monoisotopic (exact) mass is 360 g/mol. The quantitative estimate of drug-likeness (QED) is 0.830. The Hall–Kier alpha value is -1.46. The van der Waals surface area contributed by atoms with Gasteiger partial charge in [0.1, 0.15) is 5.60 Å². The Morgan fingerprint density at radius 3 is 2.48 bits per heavy atom. The van der Waals surface area contributed by atoms with E-state index in [0.29, 0.717) is 10.0 Å². The zero-order chi connectivity index (χ0) is 17.6. The van der Waals surface area contributed by atoms with Crippen LogP contribution in [0.25, 0.3) is 0 Å². The number of alkyl carbamates (subject to hydrolysis) is 1. The van der Waals surface area contributed by atoms with Crippen molar-refractivity contribution in [3.8, 4) is 0 Å². The van der Waals surface area contributed by atoms with Gasteiger partial charge in [-0.1, -0.05) is 29.3 Å². The molecule has 0 saturated carbocycles. The minimum Gasteiger partial charge on any atom is -0.444 e. The average Bonchev–Trinajstić information content (AvgIpc) is 2.35. The fourth-order valence-electron chi connectivity index (χ4n) is 1.84. The Labute approximate surface area is 146 Å². The van der Waals surface area contributed by atoms with Gasteiger partial charge in [0.05, 0.1) is 6.04 Å². The predicted molar refractivity (Wildman–Crippen MR) is 91.9 cm³/mol. The molecule has 0 aliphatic rings. The molecule has 0 unspecified atom stereocenters. The average molecular weight is 361 g/mol. The van der Waals surface area contributed by atoms with Crippen molar-refractivity contribution in [2.45, 2.75) is 45.8 Å². The lowest BCUT2D eigenvalue weighted by atomic mass is 10.1. The maximum absolute atomic E-state index is 11.9. The van der Waals surface area contributed by atoms with Gasteiger partial charge in [-0.05, 0) is 45.4 Å². The van der Waals surface area contributed by atoms with E-state index in [1.54, 1.807) is 39.0 Å². The maximum atomic E-state index is 11.9. The van der Waals surface area contributed by atoms with Crippen molar-refractivity contribution < 1.29 is 14.3 Å². The van der Waals surface area contributed by atoms with Crippen LogP contribution >= 0.6 is 23.2 Å². The third kappa shape index (κ3) is 7.57. The first-order valence-electron chi connectivity index (χ1n) is 7.29. The summed E-state index contributed by atoms with van der Waals surface area (Å²) in [7, 11) is 0. The van der Waals surface area contributed by atoms with Crippen LogP contribution in [0.2, 0.25) is 10.0 Å². The summed E-state index contributed by atoms with van der Waals surface area (Å²) in [5.41, 5.74) is 0.219. The molecule has 0 radical (unpaired) electrons. The minimum absolute atomic E-state index is 0.148. The smallest absolute Gasteiger partial charge is 0.407 e. The van der Waals surface area contributed by atoms with E-state index in [2.05, 4.69) is 10.6 Å².